The fraction of sp³-hybridized carbons (Fsp3) is 0.538. The zero-order valence-electron chi connectivity index (χ0n) is 29.4. The maximum atomic E-state index is 6.40. The predicted molar refractivity (Wildman–Crippen MR) is 189 cm³/mol. The molecule has 250 valence electrons. The molecule has 1 aliphatic carbocycles. The van der Waals surface area contributed by atoms with Crippen molar-refractivity contribution in [2.45, 2.75) is 84.3 Å². The Morgan fingerprint density at radius 3 is 2.28 bits per heavy atom. The first-order valence-corrected chi connectivity index (χ1v) is 17.1. The van der Waals surface area contributed by atoms with Crippen LogP contribution in [0.1, 0.15) is 83.8 Å². The Kier molecular flexibility index (Phi) is 10.8. The number of allylic oxidation sites excluding steroid dienone is 1. The van der Waals surface area contributed by atoms with Gasteiger partial charge in [-0.1, -0.05) is 13.0 Å². The van der Waals surface area contributed by atoms with E-state index in [1.807, 2.05) is 6.92 Å². The van der Waals surface area contributed by atoms with E-state index in [4.69, 9.17) is 18.9 Å². The summed E-state index contributed by atoms with van der Waals surface area (Å²) < 4.78 is 23.8. The van der Waals surface area contributed by atoms with Crippen LogP contribution in [-0.2, 0) is 4.74 Å². The van der Waals surface area contributed by atoms with Crippen LogP contribution in [0.3, 0.4) is 0 Å². The highest BCUT2D eigenvalue weighted by molar-refractivity contribution is 5.74. The maximum absolute atomic E-state index is 6.40. The van der Waals surface area contributed by atoms with Crippen LogP contribution in [0.25, 0.3) is 5.57 Å². The number of nitrogens with zero attached hydrogens (tertiary/aromatic N) is 3. The van der Waals surface area contributed by atoms with Gasteiger partial charge in [0.15, 0.2) is 17.4 Å². The number of anilines is 1. The highest BCUT2D eigenvalue weighted by atomic mass is 16.5. The van der Waals surface area contributed by atoms with Crippen molar-refractivity contribution in [2.75, 3.05) is 59.0 Å². The van der Waals surface area contributed by atoms with Crippen molar-refractivity contribution < 1.29 is 18.9 Å². The minimum Gasteiger partial charge on any atom is -0.494 e. The number of hydrogen-bond donors (Lipinski definition) is 0. The van der Waals surface area contributed by atoms with Crippen molar-refractivity contribution in [1.82, 2.24) is 9.80 Å². The zero-order valence-corrected chi connectivity index (χ0v) is 29.4. The van der Waals surface area contributed by atoms with E-state index in [0.717, 1.165) is 68.6 Å². The summed E-state index contributed by atoms with van der Waals surface area (Å²) >= 11 is 0. The Morgan fingerprint density at radius 2 is 1.70 bits per heavy atom. The lowest BCUT2D eigenvalue weighted by atomic mass is 9.95. The third-order valence-electron chi connectivity index (χ3n) is 8.90. The molecule has 5 rings (SSSR count). The number of piperidine rings is 1. The zero-order chi connectivity index (χ0) is 32.8. The number of rotatable bonds is 13. The van der Waals surface area contributed by atoms with E-state index in [-0.39, 0.29) is 5.60 Å². The van der Waals surface area contributed by atoms with Crippen molar-refractivity contribution in [3.63, 3.8) is 0 Å². The second-order valence-corrected chi connectivity index (χ2v) is 13.8. The van der Waals surface area contributed by atoms with Gasteiger partial charge in [0.1, 0.15) is 11.4 Å². The molecule has 7 heteroatoms. The molecule has 7 nitrogen and oxygen atoms in total. The lowest BCUT2D eigenvalue weighted by Gasteiger charge is -2.42. The van der Waals surface area contributed by atoms with E-state index >= 15 is 0 Å². The van der Waals surface area contributed by atoms with Crippen LogP contribution in [0.15, 0.2) is 66.2 Å². The van der Waals surface area contributed by atoms with Gasteiger partial charge in [-0.2, -0.15) is 0 Å². The summed E-state index contributed by atoms with van der Waals surface area (Å²) in [5.41, 5.74) is 6.09. The maximum Gasteiger partial charge on any atom is 0.185 e. The van der Waals surface area contributed by atoms with Crippen LogP contribution in [0.4, 0.5) is 5.69 Å². The Balaban J connectivity index is 1.41. The molecule has 0 bridgehead atoms. The van der Waals surface area contributed by atoms with Gasteiger partial charge >= 0.3 is 0 Å². The lowest BCUT2D eigenvalue weighted by molar-refractivity contribution is -0.00484. The fourth-order valence-corrected chi connectivity index (χ4v) is 6.69. The number of likely N-dealkylation sites (tertiary alicyclic amines) is 1. The fourth-order valence-electron chi connectivity index (χ4n) is 6.69. The summed E-state index contributed by atoms with van der Waals surface area (Å²) in [4.78, 5) is 7.34. The molecule has 2 aromatic rings. The van der Waals surface area contributed by atoms with E-state index in [0.29, 0.717) is 18.6 Å². The molecule has 2 fully saturated rings. The van der Waals surface area contributed by atoms with Crippen molar-refractivity contribution in [3.05, 3.63) is 77.3 Å². The van der Waals surface area contributed by atoms with Crippen LogP contribution in [0, 0.1) is 0 Å². The van der Waals surface area contributed by atoms with E-state index < -0.39 is 0 Å². The normalized spacial score (nSPS) is 17.8. The van der Waals surface area contributed by atoms with Gasteiger partial charge in [-0.05, 0) is 125 Å². The molecule has 0 aromatic heterocycles. The van der Waals surface area contributed by atoms with Gasteiger partial charge in [0.05, 0.1) is 20.8 Å². The average molecular weight is 630 g/mol. The summed E-state index contributed by atoms with van der Waals surface area (Å²) in [7, 11) is 5.66. The van der Waals surface area contributed by atoms with Gasteiger partial charge in [0.2, 0.25) is 0 Å². The van der Waals surface area contributed by atoms with Crippen LogP contribution in [0.2, 0.25) is 0 Å². The van der Waals surface area contributed by atoms with Crippen molar-refractivity contribution in [3.8, 4) is 17.2 Å². The second-order valence-electron chi connectivity index (χ2n) is 13.8. The van der Waals surface area contributed by atoms with E-state index in [2.05, 4.69) is 104 Å². The number of likely N-dealkylation sites (N-methyl/N-ethyl adjacent to an activating group) is 1. The molecule has 0 amide bonds. The molecule has 0 atom stereocenters. The molecular weight excluding hydrogens is 574 g/mol. The van der Waals surface area contributed by atoms with Crippen molar-refractivity contribution >= 4 is 11.3 Å². The Hall–Kier alpha value is -3.74. The summed E-state index contributed by atoms with van der Waals surface area (Å²) in [5.74, 6) is 4.19. The summed E-state index contributed by atoms with van der Waals surface area (Å²) in [5, 5.41) is 0. The molecule has 1 saturated carbocycles. The Morgan fingerprint density at radius 1 is 0.978 bits per heavy atom. The summed E-state index contributed by atoms with van der Waals surface area (Å²) in [6.45, 7) is 14.9. The van der Waals surface area contributed by atoms with E-state index in [1.165, 1.54) is 40.8 Å². The number of methoxy groups -OCH3 is 2. The first kappa shape index (κ1) is 33.6. The first-order valence-electron chi connectivity index (χ1n) is 17.1. The largest absolute Gasteiger partial charge is 0.494 e. The number of ether oxygens (including phenoxy) is 4. The molecule has 46 heavy (non-hydrogen) atoms. The van der Waals surface area contributed by atoms with Gasteiger partial charge in [-0.15, -0.1) is 0 Å². The molecule has 0 spiro atoms. The topological polar surface area (TPSA) is 46.6 Å². The van der Waals surface area contributed by atoms with Gasteiger partial charge in [0, 0.05) is 56.7 Å². The SMILES string of the molecule is CC/C=C(\OC(C)(C)C)N1CCC(N(CC2=CN(C)CC(c3cc(OC)c(OC)c(C4CC4)c3)=C2)c2ccc(OCC)cc2)CC1. The van der Waals surface area contributed by atoms with Crippen LogP contribution >= 0.6 is 0 Å². The highest BCUT2D eigenvalue weighted by Gasteiger charge is 2.31. The first-order chi connectivity index (χ1) is 22.1. The monoisotopic (exact) mass is 629 g/mol. The predicted octanol–water partition coefficient (Wildman–Crippen LogP) is 8.23. The number of hydrogen-bond acceptors (Lipinski definition) is 7. The van der Waals surface area contributed by atoms with Crippen molar-refractivity contribution in [1.29, 1.82) is 0 Å². The molecule has 2 heterocycles. The van der Waals surface area contributed by atoms with Gasteiger partial charge < -0.3 is 33.6 Å². The third-order valence-corrected chi connectivity index (χ3v) is 8.90. The van der Waals surface area contributed by atoms with Crippen molar-refractivity contribution in [2.24, 2.45) is 0 Å². The molecule has 0 N–H and O–H groups in total. The van der Waals surface area contributed by atoms with E-state index in [9.17, 15) is 0 Å². The van der Waals surface area contributed by atoms with Gasteiger partial charge in [0.25, 0.3) is 0 Å². The Labute approximate surface area is 277 Å². The smallest absolute Gasteiger partial charge is 0.185 e. The van der Waals surface area contributed by atoms with Crippen LogP contribution in [-0.4, -0.2) is 75.5 Å². The standard InChI is InChI=1S/C39H55N3O4/c1-9-11-37(46-39(3,4)5)41-20-18-33(19-21-41)42(32-14-16-34(17-15-32)45-10-2)26-28-22-31(27-40(6)25-28)30-23-35(29-12-13-29)38(44-8)36(24-30)43-7/h11,14-17,22-25,29,33H,9-10,12-13,18-21,26-27H2,1-8H3/b37-11-. The molecule has 2 aliphatic heterocycles. The quantitative estimate of drug-likeness (QED) is 0.207. The molecule has 0 radical (unpaired) electrons. The number of benzene rings is 2. The molecule has 2 aromatic carbocycles. The molecule has 1 saturated heterocycles. The molecule has 3 aliphatic rings. The molecule has 0 unspecified atom stereocenters. The minimum atomic E-state index is -0.219. The van der Waals surface area contributed by atoms with Crippen LogP contribution in [0.5, 0.6) is 17.2 Å². The van der Waals surface area contributed by atoms with E-state index in [1.54, 1.807) is 14.2 Å². The van der Waals surface area contributed by atoms with Crippen LogP contribution < -0.4 is 19.1 Å². The minimum absolute atomic E-state index is 0.219. The van der Waals surface area contributed by atoms with Gasteiger partial charge in [-0.3, -0.25) is 0 Å². The third kappa shape index (κ3) is 8.34. The van der Waals surface area contributed by atoms with Gasteiger partial charge in [-0.25, -0.2) is 0 Å². The summed E-state index contributed by atoms with van der Waals surface area (Å²) in [6, 6.07) is 13.5. The lowest BCUT2D eigenvalue weighted by Crippen LogP contribution is -2.46. The summed E-state index contributed by atoms with van der Waals surface area (Å²) in [6.07, 6.45) is 12.4. The molecular formula is C39H55N3O4. The Bertz CT molecular complexity index is 1410. The highest BCUT2D eigenvalue weighted by Crippen LogP contribution is 2.49. The average Bonchev–Trinajstić information content (AvgIpc) is 3.88. The second kappa shape index (κ2) is 14.8.